The summed E-state index contributed by atoms with van der Waals surface area (Å²) >= 11 is 0. The highest BCUT2D eigenvalue weighted by molar-refractivity contribution is 5.31. The van der Waals surface area contributed by atoms with Crippen LogP contribution in [0.5, 0.6) is 0 Å². The lowest BCUT2D eigenvalue weighted by atomic mass is 10.0. The molecular formula is C17H22N2O. The number of hydrogen-bond donors (Lipinski definition) is 1. The molecule has 0 aliphatic carbocycles. The van der Waals surface area contributed by atoms with Gasteiger partial charge in [0.1, 0.15) is 0 Å². The number of rotatable bonds is 4. The van der Waals surface area contributed by atoms with E-state index in [2.05, 4.69) is 37.4 Å². The van der Waals surface area contributed by atoms with Crippen molar-refractivity contribution in [2.45, 2.75) is 33.4 Å². The van der Waals surface area contributed by atoms with Gasteiger partial charge in [0.25, 0.3) is 5.56 Å². The molecule has 0 spiro atoms. The predicted molar refractivity (Wildman–Crippen MR) is 83.2 cm³/mol. The lowest BCUT2D eigenvalue weighted by Crippen LogP contribution is -2.28. The van der Waals surface area contributed by atoms with E-state index in [-0.39, 0.29) is 11.6 Å². The SMILES string of the molecule is CNC(Cn1ccc(C)cc1=O)c1ccc(C)c(C)c1. The Hall–Kier alpha value is -1.87. The smallest absolute Gasteiger partial charge is 0.250 e. The molecule has 0 radical (unpaired) electrons. The zero-order chi connectivity index (χ0) is 14.7. The fourth-order valence-electron chi connectivity index (χ4n) is 2.30. The standard InChI is InChI=1S/C17H22N2O/c1-12-7-8-19(17(20)9-12)11-16(18-4)15-6-5-13(2)14(3)10-15/h5-10,16,18H,11H2,1-4H3. The van der Waals surface area contributed by atoms with Crippen molar-refractivity contribution in [1.82, 2.24) is 9.88 Å². The van der Waals surface area contributed by atoms with Crippen molar-refractivity contribution >= 4 is 0 Å². The average molecular weight is 270 g/mol. The van der Waals surface area contributed by atoms with Gasteiger partial charge >= 0.3 is 0 Å². The van der Waals surface area contributed by atoms with Crippen LogP contribution in [0, 0.1) is 20.8 Å². The minimum Gasteiger partial charge on any atom is -0.314 e. The topological polar surface area (TPSA) is 34.0 Å². The monoisotopic (exact) mass is 270 g/mol. The van der Waals surface area contributed by atoms with Crippen LogP contribution in [0.1, 0.15) is 28.3 Å². The van der Waals surface area contributed by atoms with Gasteiger partial charge < -0.3 is 9.88 Å². The van der Waals surface area contributed by atoms with Gasteiger partial charge in [-0.05, 0) is 56.1 Å². The third-order valence-corrected chi connectivity index (χ3v) is 3.81. The summed E-state index contributed by atoms with van der Waals surface area (Å²) < 4.78 is 1.75. The van der Waals surface area contributed by atoms with Gasteiger partial charge in [0.05, 0.1) is 6.04 Å². The van der Waals surface area contributed by atoms with E-state index in [1.165, 1.54) is 16.7 Å². The first-order valence-electron chi connectivity index (χ1n) is 6.93. The van der Waals surface area contributed by atoms with E-state index < -0.39 is 0 Å². The maximum atomic E-state index is 12.0. The van der Waals surface area contributed by atoms with Crippen LogP contribution in [-0.2, 0) is 6.54 Å². The Kier molecular flexibility index (Phi) is 4.40. The Balaban J connectivity index is 2.28. The quantitative estimate of drug-likeness (QED) is 0.927. The van der Waals surface area contributed by atoms with Crippen molar-refractivity contribution < 1.29 is 0 Å². The molecule has 1 N–H and O–H groups in total. The van der Waals surface area contributed by atoms with Crippen LogP contribution in [0.25, 0.3) is 0 Å². The Morgan fingerprint density at radius 2 is 1.85 bits per heavy atom. The first kappa shape index (κ1) is 14.5. The number of nitrogens with one attached hydrogen (secondary N) is 1. The van der Waals surface area contributed by atoms with Crippen molar-refractivity contribution in [1.29, 1.82) is 0 Å². The summed E-state index contributed by atoms with van der Waals surface area (Å²) in [5.74, 6) is 0. The summed E-state index contributed by atoms with van der Waals surface area (Å²) in [6, 6.07) is 10.2. The van der Waals surface area contributed by atoms with Crippen LogP contribution in [0.2, 0.25) is 0 Å². The minimum absolute atomic E-state index is 0.0501. The molecule has 1 aromatic carbocycles. The zero-order valence-corrected chi connectivity index (χ0v) is 12.6. The van der Waals surface area contributed by atoms with Crippen molar-refractivity contribution in [3.05, 3.63) is 69.1 Å². The van der Waals surface area contributed by atoms with Crippen LogP contribution in [0.4, 0.5) is 0 Å². The van der Waals surface area contributed by atoms with E-state index >= 15 is 0 Å². The highest BCUT2D eigenvalue weighted by Gasteiger charge is 2.11. The van der Waals surface area contributed by atoms with Crippen LogP contribution >= 0.6 is 0 Å². The normalized spacial score (nSPS) is 12.4. The van der Waals surface area contributed by atoms with Gasteiger partial charge in [-0.25, -0.2) is 0 Å². The predicted octanol–water partition coefficient (Wildman–Crippen LogP) is 2.73. The second kappa shape index (κ2) is 6.06. The van der Waals surface area contributed by atoms with Gasteiger partial charge in [0.2, 0.25) is 0 Å². The van der Waals surface area contributed by atoms with Gasteiger partial charge in [-0.15, -0.1) is 0 Å². The average Bonchev–Trinajstić information content (AvgIpc) is 2.41. The molecule has 0 saturated heterocycles. The third-order valence-electron chi connectivity index (χ3n) is 3.81. The van der Waals surface area contributed by atoms with Crippen molar-refractivity contribution in [3.8, 4) is 0 Å². The lowest BCUT2D eigenvalue weighted by Gasteiger charge is -2.19. The van der Waals surface area contributed by atoms with Gasteiger partial charge in [-0.1, -0.05) is 18.2 Å². The minimum atomic E-state index is 0.0501. The molecule has 2 aromatic rings. The molecule has 1 atom stereocenters. The summed E-state index contributed by atoms with van der Waals surface area (Å²) in [6.45, 7) is 6.80. The van der Waals surface area contributed by atoms with E-state index in [4.69, 9.17) is 0 Å². The summed E-state index contributed by atoms with van der Waals surface area (Å²) in [4.78, 5) is 12.0. The summed E-state index contributed by atoms with van der Waals surface area (Å²) in [5.41, 5.74) is 4.82. The van der Waals surface area contributed by atoms with Crippen LogP contribution in [0.3, 0.4) is 0 Å². The molecule has 0 bridgehead atoms. The summed E-state index contributed by atoms with van der Waals surface area (Å²) in [7, 11) is 1.93. The first-order chi connectivity index (χ1) is 9.51. The Labute approximate surface area is 120 Å². The van der Waals surface area contributed by atoms with Crippen LogP contribution < -0.4 is 10.9 Å². The fraction of sp³-hybridized carbons (Fsp3) is 0.353. The third kappa shape index (κ3) is 3.17. The van der Waals surface area contributed by atoms with Gasteiger partial charge in [0.15, 0.2) is 0 Å². The molecule has 0 aliphatic heterocycles. The number of likely N-dealkylation sites (N-methyl/N-ethyl adjacent to an activating group) is 1. The second-order valence-electron chi connectivity index (χ2n) is 5.38. The molecule has 1 aromatic heterocycles. The number of pyridine rings is 1. The molecule has 20 heavy (non-hydrogen) atoms. The molecular weight excluding hydrogens is 248 g/mol. The van der Waals surface area contributed by atoms with Gasteiger partial charge in [-0.3, -0.25) is 4.79 Å². The molecule has 1 heterocycles. The Bertz CT molecular complexity index is 658. The molecule has 2 rings (SSSR count). The van der Waals surface area contributed by atoms with E-state index in [1.807, 2.05) is 26.2 Å². The molecule has 106 valence electrons. The second-order valence-corrected chi connectivity index (χ2v) is 5.38. The highest BCUT2D eigenvalue weighted by Crippen LogP contribution is 2.18. The van der Waals surface area contributed by atoms with Crippen molar-refractivity contribution in [3.63, 3.8) is 0 Å². The van der Waals surface area contributed by atoms with E-state index in [9.17, 15) is 4.79 Å². The van der Waals surface area contributed by atoms with Crippen LogP contribution in [0.15, 0.2) is 41.3 Å². The Morgan fingerprint density at radius 3 is 2.45 bits per heavy atom. The van der Waals surface area contributed by atoms with Crippen molar-refractivity contribution in [2.24, 2.45) is 0 Å². The number of benzene rings is 1. The molecule has 1 unspecified atom stereocenters. The highest BCUT2D eigenvalue weighted by atomic mass is 16.1. The number of aromatic nitrogens is 1. The fourth-order valence-corrected chi connectivity index (χ4v) is 2.30. The first-order valence-corrected chi connectivity index (χ1v) is 6.93. The molecule has 0 fully saturated rings. The van der Waals surface area contributed by atoms with Crippen molar-refractivity contribution in [2.75, 3.05) is 7.05 Å². The summed E-state index contributed by atoms with van der Waals surface area (Å²) in [5, 5.41) is 3.30. The molecule has 3 heteroatoms. The van der Waals surface area contributed by atoms with Gasteiger partial charge in [0, 0.05) is 18.8 Å². The molecule has 0 aliphatic rings. The van der Waals surface area contributed by atoms with E-state index in [0.29, 0.717) is 6.54 Å². The van der Waals surface area contributed by atoms with Gasteiger partial charge in [-0.2, -0.15) is 0 Å². The molecule has 0 saturated carbocycles. The molecule has 0 amide bonds. The van der Waals surface area contributed by atoms with E-state index in [1.54, 1.807) is 10.6 Å². The Morgan fingerprint density at radius 1 is 1.10 bits per heavy atom. The zero-order valence-electron chi connectivity index (χ0n) is 12.6. The maximum absolute atomic E-state index is 12.0. The largest absolute Gasteiger partial charge is 0.314 e. The molecule has 3 nitrogen and oxygen atoms in total. The number of aryl methyl sites for hydroxylation is 3. The van der Waals surface area contributed by atoms with Crippen LogP contribution in [-0.4, -0.2) is 11.6 Å². The van der Waals surface area contributed by atoms with E-state index in [0.717, 1.165) is 5.56 Å². The summed E-state index contributed by atoms with van der Waals surface area (Å²) in [6.07, 6.45) is 1.86. The lowest BCUT2D eigenvalue weighted by molar-refractivity contribution is 0.490. The number of nitrogens with zero attached hydrogens (tertiary/aromatic N) is 1. The maximum Gasteiger partial charge on any atom is 0.250 e. The number of hydrogen-bond acceptors (Lipinski definition) is 2.